The van der Waals surface area contributed by atoms with Gasteiger partial charge in [0.2, 0.25) is 0 Å². The molecule has 102 valence electrons. The van der Waals surface area contributed by atoms with Crippen LogP contribution in [0.2, 0.25) is 0 Å². The molecule has 0 saturated heterocycles. The van der Waals surface area contributed by atoms with Crippen molar-refractivity contribution in [2.45, 2.75) is 20.3 Å². The highest BCUT2D eigenvalue weighted by Gasteiger charge is 2.18. The molecule has 0 fully saturated rings. The van der Waals surface area contributed by atoms with Gasteiger partial charge in [-0.15, -0.1) is 10.2 Å². The zero-order valence-corrected chi connectivity index (χ0v) is 11.7. The summed E-state index contributed by atoms with van der Waals surface area (Å²) in [7, 11) is 1.63. The summed E-state index contributed by atoms with van der Waals surface area (Å²) in [6.45, 7) is 3.80. The summed E-state index contributed by atoms with van der Waals surface area (Å²) in [6.07, 6.45) is 3.88. The molecular weight excluding hydrogens is 254 g/mol. The van der Waals surface area contributed by atoms with Gasteiger partial charge in [0.15, 0.2) is 5.78 Å². The quantitative estimate of drug-likeness (QED) is 0.837. The third-order valence-electron chi connectivity index (χ3n) is 3.48. The Morgan fingerprint density at radius 3 is 2.50 bits per heavy atom. The summed E-state index contributed by atoms with van der Waals surface area (Å²) in [4.78, 5) is 11.5. The minimum atomic E-state index is 0.115. The van der Waals surface area contributed by atoms with Gasteiger partial charge in [-0.1, -0.05) is 6.08 Å². The monoisotopic (exact) mass is 269 g/mol. The van der Waals surface area contributed by atoms with Gasteiger partial charge in [0.25, 0.3) is 0 Å². The lowest BCUT2D eigenvalue weighted by atomic mass is 9.95. The maximum absolute atomic E-state index is 11.5. The number of nitrogens with zero attached hydrogens (tertiary/aromatic N) is 3. The number of ketones is 1. The molecule has 0 bridgehead atoms. The van der Waals surface area contributed by atoms with Gasteiger partial charge >= 0.3 is 0 Å². The second kappa shape index (κ2) is 4.59. The molecule has 0 unspecified atom stereocenters. The van der Waals surface area contributed by atoms with Crippen molar-refractivity contribution in [3.05, 3.63) is 41.0 Å². The Balaban J connectivity index is 2.23. The molecule has 3 rings (SSSR count). The molecule has 5 heteroatoms. The van der Waals surface area contributed by atoms with E-state index in [-0.39, 0.29) is 5.78 Å². The van der Waals surface area contributed by atoms with Crippen LogP contribution in [0.1, 0.15) is 22.8 Å². The first-order valence-electron chi connectivity index (χ1n) is 6.41. The number of hydrogen-bond donors (Lipinski definition) is 0. The number of fused-ring (bicyclic) bond motifs is 1. The van der Waals surface area contributed by atoms with Crippen LogP contribution in [0.5, 0.6) is 5.75 Å². The zero-order chi connectivity index (χ0) is 14.3. The highest BCUT2D eigenvalue weighted by molar-refractivity contribution is 5.98. The topological polar surface area (TPSA) is 57.0 Å². The maximum Gasteiger partial charge on any atom is 0.160 e. The number of hydrogen-bond acceptors (Lipinski definition) is 4. The van der Waals surface area contributed by atoms with Gasteiger partial charge in [-0.2, -0.15) is 0 Å². The molecule has 0 atom stereocenters. The van der Waals surface area contributed by atoms with Crippen LogP contribution in [0.4, 0.5) is 0 Å². The van der Waals surface area contributed by atoms with Gasteiger partial charge in [0.1, 0.15) is 17.4 Å². The van der Waals surface area contributed by atoms with Gasteiger partial charge in [-0.05, 0) is 43.2 Å². The average Bonchev–Trinajstić information content (AvgIpc) is 2.76. The first-order chi connectivity index (χ1) is 9.60. The minimum absolute atomic E-state index is 0.115. The molecule has 1 aromatic carbocycles. The fourth-order valence-corrected chi connectivity index (χ4v) is 2.52. The standard InChI is InChI=1S/C15H15N3O2/c1-9-16-17-10(2)18(9)14-7-11-4-5-13(19)6-12(11)8-15(14)20-3/h4-5,7-8H,6H2,1-3H3. The molecule has 1 heterocycles. The van der Waals surface area contributed by atoms with E-state index in [2.05, 4.69) is 10.2 Å². The van der Waals surface area contributed by atoms with Crippen LogP contribution in [0.15, 0.2) is 18.2 Å². The van der Waals surface area contributed by atoms with Crippen molar-refractivity contribution >= 4 is 11.9 Å². The zero-order valence-electron chi connectivity index (χ0n) is 11.7. The highest BCUT2D eigenvalue weighted by atomic mass is 16.5. The Bertz CT molecular complexity index is 709. The molecule has 2 aromatic rings. The summed E-state index contributed by atoms with van der Waals surface area (Å²) in [5.74, 6) is 2.44. The summed E-state index contributed by atoms with van der Waals surface area (Å²) in [5.41, 5.74) is 2.92. The number of allylic oxidation sites excluding steroid dienone is 1. The molecule has 0 amide bonds. The van der Waals surface area contributed by atoms with Crippen LogP contribution in [0.25, 0.3) is 11.8 Å². The fraction of sp³-hybridized carbons (Fsp3) is 0.267. The van der Waals surface area contributed by atoms with E-state index in [1.54, 1.807) is 13.2 Å². The van der Waals surface area contributed by atoms with Crippen molar-refractivity contribution in [3.63, 3.8) is 0 Å². The number of benzene rings is 1. The second-order valence-electron chi connectivity index (χ2n) is 4.83. The highest BCUT2D eigenvalue weighted by Crippen LogP contribution is 2.31. The predicted molar refractivity (Wildman–Crippen MR) is 75.1 cm³/mol. The van der Waals surface area contributed by atoms with Gasteiger partial charge in [-0.3, -0.25) is 9.36 Å². The molecule has 1 aromatic heterocycles. The average molecular weight is 269 g/mol. The lowest BCUT2D eigenvalue weighted by Gasteiger charge is -2.17. The molecule has 20 heavy (non-hydrogen) atoms. The molecular formula is C15H15N3O2. The van der Waals surface area contributed by atoms with Crippen LogP contribution >= 0.6 is 0 Å². The number of ether oxygens (including phenoxy) is 1. The molecule has 1 aliphatic carbocycles. The second-order valence-corrected chi connectivity index (χ2v) is 4.83. The van der Waals surface area contributed by atoms with Crippen LogP contribution in [0.3, 0.4) is 0 Å². The number of carbonyl (C=O) groups is 1. The number of carbonyl (C=O) groups excluding carboxylic acids is 1. The molecule has 0 aliphatic heterocycles. The first-order valence-corrected chi connectivity index (χ1v) is 6.41. The fourth-order valence-electron chi connectivity index (χ4n) is 2.52. The van der Waals surface area contributed by atoms with Crippen molar-refractivity contribution in [2.24, 2.45) is 0 Å². The number of aromatic nitrogens is 3. The van der Waals surface area contributed by atoms with Crippen LogP contribution in [-0.4, -0.2) is 27.7 Å². The molecule has 0 N–H and O–H groups in total. The molecule has 0 saturated carbocycles. The van der Waals surface area contributed by atoms with Gasteiger partial charge < -0.3 is 4.74 Å². The number of aryl methyl sites for hydroxylation is 2. The predicted octanol–water partition coefficient (Wildman–Crippen LogP) is 2.03. The summed E-state index contributed by atoms with van der Waals surface area (Å²) in [6, 6.07) is 3.94. The molecule has 0 spiro atoms. The van der Waals surface area contributed by atoms with Crippen molar-refractivity contribution in [1.29, 1.82) is 0 Å². The van der Waals surface area contributed by atoms with E-state index >= 15 is 0 Å². The Labute approximate surface area is 116 Å². The first kappa shape index (κ1) is 12.6. The van der Waals surface area contributed by atoms with Crippen molar-refractivity contribution in [2.75, 3.05) is 7.11 Å². The summed E-state index contributed by atoms with van der Waals surface area (Å²) in [5, 5.41) is 8.15. The Morgan fingerprint density at radius 1 is 1.15 bits per heavy atom. The van der Waals surface area contributed by atoms with Crippen molar-refractivity contribution in [1.82, 2.24) is 14.8 Å². The molecule has 1 aliphatic rings. The van der Waals surface area contributed by atoms with Gasteiger partial charge in [0.05, 0.1) is 12.8 Å². The largest absolute Gasteiger partial charge is 0.495 e. The number of rotatable bonds is 2. The van der Waals surface area contributed by atoms with Crippen molar-refractivity contribution < 1.29 is 9.53 Å². The Morgan fingerprint density at radius 2 is 1.85 bits per heavy atom. The molecule has 0 radical (unpaired) electrons. The van der Waals surface area contributed by atoms with Crippen molar-refractivity contribution in [3.8, 4) is 11.4 Å². The van der Waals surface area contributed by atoms with E-state index < -0.39 is 0 Å². The van der Waals surface area contributed by atoms with E-state index in [9.17, 15) is 4.79 Å². The van der Waals surface area contributed by atoms with Crippen LogP contribution < -0.4 is 4.74 Å². The third-order valence-corrected chi connectivity index (χ3v) is 3.48. The van der Waals surface area contributed by atoms with E-state index in [1.165, 1.54) is 0 Å². The van der Waals surface area contributed by atoms with E-state index in [4.69, 9.17) is 4.74 Å². The van der Waals surface area contributed by atoms with Crippen LogP contribution in [-0.2, 0) is 11.2 Å². The lowest BCUT2D eigenvalue weighted by molar-refractivity contribution is -0.114. The van der Waals surface area contributed by atoms with E-state index in [1.807, 2.05) is 36.6 Å². The van der Waals surface area contributed by atoms with Gasteiger partial charge in [0, 0.05) is 6.42 Å². The smallest absolute Gasteiger partial charge is 0.160 e. The van der Waals surface area contributed by atoms with Crippen LogP contribution in [0, 0.1) is 13.8 Å². The summed E-state index contributed by atoms with van der Waals surface area (Å²) >= 11 is 0. The van der Waals surface area contributed by atoms with E-state index in [0.717, 1.165) is 34.2 Å². The summed E-state index contributed by atoms with van der Waals surface area (Å²) < 4.78 is 7.42. The minimum Gasteiger partial charge on any atom is -0.495 e. The number of methoxy groups -OCH3 is 1. The Kier molecular flexibility index (Phi) is 2.89. The van der Waals surface area contributed by atoms with E-state index in [0.29, 0.717) is 6.42 Å². The molecule has 5 nitrogen and oxygen atoms in total. The lowest BCUT2D eigenvalue weighted by Crippen LogP contribution is -2.09. The van der Waals surface area contributed by atoms with Gasteiger partial charge in [-0.25, -0.2) is 0 Å². The Hall–Kier alpha value is -2.43. The normalized spacial score (nSPS) is 13.4. The maximum atomic E-state index is 11.5. The third kappa shape index (κ3) is 1.91. The SMILES string of the molecule is COc1cc2c(cc1-n1c(C)nnc1C)C=CC(=O)C2.